The van der Waals surface area contributed by atoms with Gasteiger partial charge in [0.25, 0.3) is 0 Å². The first-order chi connectivity index (χ1) is 10.7. The minimum absolute atomic E-state index is 0.456. The molecular weight excluding hydrogens is 276 g/mol. The number of pyridine rings is 1. The molecule has 1 N–H and O–H groups in total. The van der Waals surface area contributed by atoms with Gasteiger partial charge in [0.1, 0.15) is 5.82 Å². The number of hydrogen-bond donors (Lipinski definition) is 1. The zero-order chi connectivity index (χ0) is 15.4. The summed E-state index contributed by atoms with van der Waals surface area (Å²) in [5.41, 5.74) is 1.12. The topological polar surface area (TPSA) is 60.6 Å². The van der Waals surface area contributed by atoms with Crippen LogP contribution in [-0.4, -0.2) is 31.1 Å². The van der Waals surface area contributed by atoms with Crippen LogP contribution in [0.1, 0.15) is 12.5 Å². The molecule has 22 heavy (non-hydrogen) atoms. The normalized spacial score (nSPS) is 12.3. The number of nitrogens with one attached hydrogen (secondary N) is 1. The highest BCUT2D eigenvalue weighted by Gasteiger charge is 2.05. The molecule has 0 bridgehead atoms. The van der Waals surface area contributed by atoms with Crippen LogP contribution in [0.5, 0.6) is 0 Å². The predicted octanol–water partition coefficient (Wildman–Crippen LogP) is 2.52. The zero-order valence-corrected chi connectivity index (χ0v) is 12.8. The summed E-state index contributed by atoms with van der Waals surface area (Å²) in [7, 11) is 0. The van der Waals surface area contributed by atoms with Crippen LogP contribution in [-0.2, 0) is 6.54 Å². The van der Waals surface area contributed by atoms with Crippen molar-refractivity contribution < 1.29 is 0 Å². The van der Waals surface area contributed by atoms with Gasteiger partial charge in [-0.15, -0.1) is 0 Å². The minimum Gasteiger partial charge on any atom is -0.370 e. The van der Waals surface area contributed by atoms with Crippen LogP contribution in [0.4, 0.5) is 5.82 Å². The van der Waals surface area contributed by atoms with Crippen molar-refractivity contribution in [3.63, 3.8) is 0 Å². The van der Waals surface area contributed by atoms with Crippen LogP contribution in [0.2, 0.25) is 0 Å². The first-order valence-electron chi connectivity index (χ1n) is 7.41. The average Bonchev–Trinajstić information content (AvgIpc) is 3.17. The van der Waals surface area contributed by atoms with E-state index < -0.39 is 0 Å². The third kappa shape index (κ3) is 3.52. The molecule has 0 saturated heterocycles. The number of aromatic nitrogens is 5. The first kappa shape index (κ1) is 14.3. The van der Waals surface area contributed by atoms with Crippen LogP contribution >= 0.6 is 0 Å². The second-order valence-corrected chi connectivity index (χ2v) is 5.56. The monoisotopic (exact) mass is 296 g/mol. The van der Waals surface area contributed by atoms with Crippen LogP contribution in [0, 0.1) is 12.8 Å². The van der Waals surface area contributed by atoms with Gasteiger partial charge in [-0.2, -0.15) is 10.2 Å². The lowest BCUT2D eigenvalue weighted by molar-refractivity contribution is 0.467. The van der Waals surface area contributed by atoms with Crippen molar-refractivity contribution >= 4 is 5.82 Å². The summed E-state index contributed by atoms with van der Waals surface area (Å²) in [5.74, 6) is 2.13. The van der Waals surface area contributed by atoms with Gasteiger partial charge in [-0.05, 0) is 36.6 Å². The third-order valence-electron chi connectivity index (χ3n) is 3.37. The molecule has 3 heterocycles. The van der Waals surface area contributed by atoms with Gasteiger partial charge < -0.3 is 5.32 Å². The van der Waals surface area contributed by atoms with E-state index in [0.717, 1.165) is 30.3 Å². The highest BCUT2D eigenvalue weighted by Crippen LogP contribution is 2.10. The van der Waals surface area contributed by atoms with Gasteiger partial charge in [0.2, 0.25) is 0 Å². The molecule has 6 heteroatoms. The number of rotatable bonds is 6. The summed E-state index contributed by atoms with van der Waals surface area (Å²) in [6, 6.07) is 7.85. The maximum absolute atomic E-state index is 4.59. The quantitative estimate of drug-likeness (QED) is 0.759. The van der Waals surface area contributed by atoms with Crippen LogP contribution in [0.15, 0.2) is 49.1 Å². The van der Waals surface area contributed by atoms with E-state index in [1.165, 1.54) is 0 Å². The highest BCUT2D eigenvalue weighted by molar-refractivity contribution is 5.39. The van der Waals surface area contributed by atoms with Crippen molar-refractivity contribution in [3.05, 3.63) is 54.6 Å². The Labute approximate surface area is 129 Å². The first-order valence-corrected chi connectivity index (χ1v) is 7.41. The molecule has 1 unspecified atom stereocenters. The maximum atomic E-state index is 4.59. The Morgan fingerprint density at radius 3 is 2.86 bits per heavy atom. The lowest BCUT2D eigenvalue weighted by atomic mass is 10.2. The molecule has 3 aromatic heterocycles. The molecule has 3 aromatic rings. The average molecular weight is 296 g/mol. The molecule has 3 rings (SSSR count). The molecule has 1 atom stereocenters. The molecular formula is C16H20N6. The van der Waals surface area contributed by atoms with Crippen molar-refractivity contribution in [3.8, 4) is 5.82 Å². The van der Waals surface area contributed by atoms with Crippen molar-refractivity contribution in [1.29, 1.82) is 0 Å². The number of nitrogens with zero attached hydrogens (tertiary/aromatic N) is 5. The van der Waals surface area contributed by atoms with Gasteiger partial charge in [-0.1, -0.05) is 13.0 Å². The number of hydrogen-bond acceptors (Lipinski definition) is 4. The van der Waals surface area contributed by atoms with Crippen molar-refractivity contribution in [2.45, 2.75) is 20.4 Å². The van der Waals surface area contributed by atoms with E-state index in [1.54, 1.807) is 10.9 Å². The molecule has 0 aromatic carbocycles. The standard InChI is InChI=1S/C16H20N6/c1-13(11-21-8-4-7-18-21)9-17-15-5-3-6-16(20-15)22-12-14(2)10-19-22/h3-8,10,12-13H,9,11H2,1-2H3,(H,17,20). The Morgan fingerprint density at radius 1 is 1.23 bits per heavy atom. The fourth-order valence-electron chi connectivity index (χ4n) is 2.26. The van der Waals surface area contributed by atoms with E-state index in [4.69, 9.17) is 0 Å². The van der Waals surface area contributed by atoms with Gasteiger partial charge in [0.15, 0.2) is 5.82 Å². The number of aryl methyl sites for hydroxylation is 1. The summed E-state index contributed by atoms with van der Waals surface area (Å²) in [6.07, 6.45) is 7.58. The van der Waals surface area contributed by atoms with E-state index in [-0.39, 0.29) is 0 Å². The zero-order valence-electron chi connectivity index (χ0n) is 12.8. The van der Waals surface area contributed by atoms with Crippen LogP contribution in [0.3, 0.4) is 0 Å². The van der Waals surface area contributed by atoms with Gasteiger partial charge in [-0.3, -0.25) is 4.68 Å². The fourth-order valence-corrected chi connectivity index (χ4v) is 2.26. The molecule has 0 aliphatic carbocycles. The van der Waals surface area contributed by atoms with E-state index >= 15 is 0 Å². The Morgan fingerprint density at radius 2 is 2.14 bits per heavy atom. The van der Waals surface area contributed by atoms with E-state index in [2.05, 4.69) is 27.4 Å². The lowest BCUT2D eigenvalue weighted by Crippen LogP contribution is -2.18. The Balaban J connectivity index is 1.61. The molecule has 0 amide bonds. The summed E-state index contributed by atoms with van der Waals surface area (Å²) in [5, 5.41) is 11.9. The van der Waals surface area contributed by atoms with Gasteiger partial charge in [-0.25, -0.2) is 9.67 Å². The molecule has 0 aliphatic heterocycles. The van der Waals surface area contributed by atoms with Crippen molar-refractivity contribution in [1.82, 2.24) is 24.5 Å². The van der Waals surface area contributed by atoms with E-state index in [0.29, 0.717) is 5.92 Å². The highest BCUT2D eigenvalue weighted by atomic mass is 15.3. The smallest absolute Gasteiger partial charge is 0.155 e. The molecule has 0 saturated carbocycles. The summed E-state index contributed by atoms with van der Waals surface area (Å²) < 4.78 is 3.73. The Kier molecular flexibility index (Phi) is 4.18. The summed E-state index contributed by atoms with van der Waals surface area (Å²) in [4.78, 5) is 4.59. The van der Waals surface area contributed by atoms with E-state index in [1.807, 2.05) is 54.5 Å². The van der Waals surface area contributed by atoms with Gasteiger partial charge in [0.05, 0.1) is 6.20 Å². The van der Waals surface area contributed by atoms with Gasteiger partial charge >= 0.3 is 0 Å². The second kappa shape index (κ2) is 6.43. The van der Waals surface area contributed by atoms with E-state index in [9.17, 15) is 0 Å². The largest absolute Gasteiger partial charge is 0.370 e. The summed E-state index contributed by atoms with van der Waals surface area (Å²) >= 11 is 0. The Hall–Kier alpha value is -2.63. The molecule has 0 fully saturated rings. The molecule has 114 valence electrons. The Bertz CT molecular complexity index is 716. The van der Waals surface area contributed by atoms with Crippen LogP contribution in [0.25, 0.3) is 5.82 Å². The third-order valence-corrected chi connectivity index (χ3v) is 3.37. The molecule has 6 nitrogen and oxygen atoms in total. The summed E-state index contributed by atoms with van der Waals surface area (Å²) in [6.45, 7) is 5.93. The molecule has 0 spiro atoms. The number of anilines is 1. The fraction of sp³-hybridized carbons (Fsp3) is 0.312. The van der Waals surface area contributed by atoms with Crippen LogP contribution < -0.4 is 5.32 Å². The maximum Gasteiger partial charge on any atom is 0.155 e. The van der Waals surface area contributed by atoms with Gasteiger partial charge in [0, 0.05) is 31.7 Å². The van der Waals surface area contributed by atoms with Crippen molar-refractivity contribution in [2.24, 2.45) is 5.92 Å². The predicted molar refractivity (Wildman–Crippen MR) is 86.0 cm³/mol. The molecule has 0 aliphatic rings. The molecule has 0 radical (unpaired) electrons. The second-order valence-electron chi connectivity index (χ2n) is 5.56. The minimum atomic E-state index is 0.456. The lowest BCUT2D eigenvalue weighted by Gasteiger charge is -2.13. The van der Waals surface area contributed by atoms with Crippen molar-refractivity contribution in [2.75, 3.05) is 11.9 Å². The SMILES string of the molecule is Cc1cnn(-c2cccc(NCC(C)Cn3cccn3)n2)c1.